The van der Waals surface area contributed by atoms with Gasteiger partial charge in [0.2, 0.25) is 0 Å². The Morgan fingerprint density at radius 3 is 2.69 bits per heavy atom. The molecule has 16 heavy (non-hydrogen) atoms. The number of aliphatic hydroxyl groups is 1. The first-order chi connectivity index (χ1) is 7.47. The highest BCUT2D eigenvalue weighted by Crippen LogP contribution is 2.29. The van der Waals surface area contributed by atoms with Gasteiger partial charge in [-0.25, -0.2) is 4.79 Å². The Morgan fingerprint density at radius 2 is 2.19 bits per heavy atom. The van der Waals surface area contributed by atoms with Crippen LogP contribution >= 0.6 is 0 Å². The van der Waals surface area contributed by atoms with Crippen LogP contribution in [-0.2, 0) is 9.53 Å². The Kier molecular flexibility index (Phi) is 3.41. The van der Waals surface area contributed by atoms with E-state index in [2.05, 4.69) is 4.74 Å². The van der Waals surface area contributed by atoms with E-state index in [-0.39, 0.29) is 11.3 Å². The van der Waals surface area contributed by atoms with Gasteiger partial charge in [-0.2, -0.15) is 0 Å². The van der Waals surface area contributed by atoms with Gasteiger partial charge in [0.05, 0.1) is 17.6 Å². The number of hydrogen-bond acceptors (Lipinski definition) is 6. The number of rotatable bonds is 3. The lowest BCUT2D eigenvalue weighted by atomic mass is 10.1. The lowest BCUT2D eigenvalue weighted by molar-refractivity contribution is -0.386. The minimum atomic E-state index is -1.79. The maximum atomic E-state index is 11.0. The summed E-state index contributed by atoms with van der Waals surface area (Å²) in [4.78, 5) is 20.9. The van der Waals surface area contributed by atoms with Gasteiger partial charge in [-0.3, -0.25) is 10.1 Å². The summed E-state index contributed by atoms with van der Waals surface area (Å²) in [5.41, 5.74) is -0.771. The number of methoxy groups -OCH3 is 1. The van der Waals surface area contributed by atoms with Crippen molar-refractivity contribution in [1.29, 1.82) is 0 Å². The standard InChI is InChI=1S/C9H9NO6/c1-16-9(13)8(12)6-4-5(11)2-3-7(6)10(14)15/h2-4,8,11-12H,1H3. The molecule has 0 radical (unpaired) electrons. The molecular formula is C9H9NO6. The summed E-state index contributed by atoms with van der Waals surface area (Å²) >= 11 is 0. The van der Waals surface area contributed by atoms with E-state index < -0.39 is 22.7 Å². The second kappa shape index (κ2) is 4.58. The van der Waals surface area contributed by atoms with Crippen LogP contribution in [0.4, 0.5) is 5.69 Å². The van der Waals surface area contributed by atoms with E-state index in [1.165, 1.54) is 0 Å². The maximum absolute atomic E-state index is 11.0. The number of ether oxygens (including phenoxy) is 1. The fourth-order valence-electron chi connectivity index (χ4n) is 1.17. The van der Waals surface area contributed by atoms with Crippen molar-refractivity contribution in [2.45, 2.75) is 6.10 Å². The van der Waals surface area contributed by atoms with Crippen LogP contribution in [-0.4, -0.2) is 28.2 Å². The van der Waals surface area contributed by atoms with E-state index in [9.17, 15) is 20.0 Å². The summed E-state index contributed by atoms with van der Waals surface area (Å²) in [7, 11) is 1.04. The van der Waals surface area contributed by atoms with Crippen LogP contribution in [0.2, 0.25) is 0 Å². The van der Waals surface area contributed by atoms with Crippen molar-refractivity contribution in [1.82, 2.24) is 0 Å². The summed E-state index contributed by atoms with van der Waals surface area (Å²) in [5.74, 6) is -1.32. The molecule has 1 unspecified atom stereocenters. The number of phenols is 1. The minimum Gasteiger partial charge on any atom is -0.508 e. The highest BCUT2D eigenvalue weighted by Gasteiger charge is 2.27. The van der Waals surface area contributed by atoms with E-state index >= 15 is 0 Å². The number of aromatic hydroxyl groups is 1. The first-order valence-corrected chi connectivity index (χ1v) is 4.20. The lowest BCUT2D eigenvalue weighted by Crippen LogP contribution is -2.14. The minimum absolute atomic E-state index is 0.288. The van der Waals surface area contributed by atoms with E-state index in [1.54, 1.807) is 0 Å². The predicted octanol–water partition coefficient (Wildman–Crippen LogP) is 0.507. The van der Waals surface area contributed by atoms with Crippen LogP contribution in [0.5, 0.6) is 5.75 Å². The molecule has 0 aliphatic heterocycles. The zero-order valence-corrected chi connectivity index (χ0v) is 8.28. The molecule has 0 aromatic heterocycles. The Labute approximate surface area is 90.0 Å². The molecule has 0 aliphatic rings. The van der Waals surface area contributed by atoms with Gasteiger partial charge in [0, 0.05) is 6.07 Å². The molecule has 0 heterocycles. The number of carbonyl (C=O) groups excluding carboxylic acids is 1. The SMILES string of the molecule is COC(=O)C(O)c1cc(O)ccc1[N+](=O)[O-]. The molecule has 0 fully saturated rings. The molecule has 1 rings (SSSR count). The molecule has 86 valence electrons. The van der Waals surface area contributed by atoms with Gasteiger partial charge in [0.25, 0.3) is 5.69 Å². The predicted molar refractivity (Wildman–Crippen MR) is 51.7 cm³/mol. The largest absolute Gasteiger partial charge is 0.508 e. The van der Waals surface area contributed by atoms with E-state index in [4.69, 9.17) is 5.11 Å². The van der Waals surface area contributed by atoms with Gasteiger partial charge < -0.3 is 14.9 Å². The van der Waals surface area contributed by atoms with E-state index in [1.807, 2.05) is 0 Å². The number of nitro benzene ring substituents is 1. The summed E-state index contributed by atoms with van der Waals surface area (Å²) in [5, 5.41) is 29.2. The number of nitrogens with zero attached hydrogens (tertiary/aromatic N) is 1. The summed E-state index contributed by atoms with van der Waals surface area (Å²) in [6.07, 6.45) is -1.79. The van der Waals surface area contributed by atoms with Crippen LogP contribution < -0.4 is 0 Å². The highest BCUT2D eigenvalue weighted by molar-refractivity contribution is 5.78. The molecule has 0 bridgehead atoms. The van der Waals surface area contributed by atoms with Crippen LogP contribution in [0.3, 0.4) is 0 Å². The van der Waals surface area contributed by atoms with Gasteiger partial charge >= 0.3 is 5.97 Å². The second-order valence-corrected chi connectivity index (χ2v) is 2.93. The number of benzene rings is 1. The summed E-state index contributed by atoms with van der Waals surface area (Å²) in [6.45, 7) is 0. The zero-order chi connectivity index (χ0) is 12.3. The zero-order valence-electron chi connectivity index (χ0n) is 8.28. The third kappa shape index (κ3) is 2.26. The first kappa shape index (κ1) is 11.9. The average Bonchev–Trinajstić information content (AvgIpc) is 2.26. The molecular weight excluding hydrogens is 218 g/mol. The topological polar surface area (TPSA) is 110 Å². The van der Waals surface area contributed by atoms with Crippen molar-refractivity contribution in [3.05, 3.63) is 33.9 Å². The first-order valence-electron chi connectivity index (χ1n) is 4.20. The quantitative estimate of drug-likeness (QED) is 0.442. The number of hydrogen-bond donors (Lipinski definition) is 2. The second-order valence-electron chi connectivity index (χ2n) is 2.93. The van der Waals surface area contributed by atoms with Gasteiger partial charge in [0.15, 0.2) is 6.10 Å². The summed E-state index contributed by atoms with van der Waals surface area (Å²) in [6, 6.07) is 3.03. The lowest BCUT2D eigenvalue weighted by Gasteiger charge is -2.09. The molecule has 0 saturated heterocycles. The van der Waals surface area contributed by atoms with Crippen LogP contribution in [0.15, 0.2) is 18.2 Å². The average molecular weight is 227 g/mol. The van der Waals surface area contributed by atoms with Crippen LogP contribution in [0.25, 0.3) is 0 Å². The molecule has 0 spiro atoms. The number of nitro groups is 1. The Morgan fingerprint density at radius 1 is 1.56 bits per heavy atom. The smallest absolute Gasteiger partial charge is 0.339 e. The fourth-order valence-corrected chi connectivity index (χ4v) is 1.17. The van der Waals surface area contributed by atoms with Crippen molar-refractivity contribution in [3.8, 4) is 5.75 Å². The number of carbonyl (C=O) groups is 1. The van der Waals surface area contributed by atoms with Gasteiger partial charge in [0.1, 0.15) is 5.75 Å². The fraction of sp³-hybridized carbons (Fsp3) is 0.222. The third-order valence-electron chi connectivity index (χ3n) is 1.93. The van der Waals surface area contributed by atoms with Gasteiger partial charge in [-0.15, -0.1) is 0 Å². The van der Waals surface area contributed by atoms with Crippen molar-refractivity contribution in [2.75, 3.05) is 7.11 Å². The van der Waals surface area contributed by atoms with E-state index in [0.29, 0.717) is 0 Å². The molecule has 1 aromatic carbocycles. The monoisotopic (exact) mass is 227 g/mol. The summed E-state index contributed by atoms with van der Waals surface area (Å²) < 4.78 is 4.25. The van der Waals surface area contributed by atoms with E-state index in [0.717, 1.165) is 25.3 Å². The Balaban J connectivity index is 3.24. The van der Waals surface area contributed by atoms with Crippen LogP contribution in [0, 0.1) is 10.1 Å². The number of aliphatic hydroxyl groups excluding tert-OH is 1. The van der Waals surface area contributed by atoms with Crippen molar-refractivity contribution < 1.29 is 24.7 Å². The van der Waals surface area contributed by atoms with Crippen LogP contribution in [0.1, 0.15) is 11.7 Å². The number of esters is 1. The third-order valence-corrected chi connectivity index (χ3v) is 1.93. The highest BCUT2D eigenvalue weighted by atomic mass is 16.6. The van der Waals surface area contributed by atoms with Gasteiger partial charge in [-0.1, -0.05) is 0 Å². The maximum Gasteiger partial charge on any atom is 0.339 e. The van der Waals surface area contributed by atoms with Crippen molar-refractivity contribution in [2.24, 2.45) is 0 Å². The molecule has 0 saturated carbocycles. The van der Waals surface area contributed by atoms with Gasteiger partial charge in [-0.05, 0) is 12.1 Å². The molecule has 2 N–H and O–H groups in total. The molecule has 7 nitrogen and oxygen atoms in total. The van der Waals surface area contributed by atoms with Crippen molar-refractivity contribution in [3.63, 3.8) is 0 Å². The molecule has 0 aliphatic carbocycles. The number of phenolic OH excluding ortho intramolecular Hbond substituents is 1. The molecule has 0 amide bonds. The Bertz CT molecular complexity index is 430. The molecule has 7 heteroatoms. The van der Waals surface area contributed by atoms with Crippen molar-refractivity contribution >= 4 is 11.7 Å². The molecule has 1 aromatic rings. The Hall–Kier alpha value is -2.15. The molecule has 1 atom stereocenters. The normalized spacial score (nSPS) is 11.9.